The lowest BCUT2D eigenvalue weighted by Gasteiger charge is -2.16. The fraction of sp³-hybridized carbons (Fsp3) is 0.190. The average molecular weight is 471 g/mol. The first-order valence-corrected chi connectivity index (χ1v) is 11.1. The second-order valence-corrected chi connectivity index (χ2v) is 9.23. The molecule has 0 saturated heterocycles. The van der Waals surface area contributed by atoms with Gasteiger partial charge >= 0.3 is 6.18 Å². The molecule has 0 saturated carbocycles. The molecule has 162 valence electrons. The van der Waals surface area contributed by atoms with Crippen LogP contribution in [0, 0.1) is 5.95 Å². The monoisotopic (exact) mass is 470 g/mol. The minimum atomic E-state index is -4.48. The molecule has 1 N–H and O–H groups in total. The summed E-state index contributed by atoms with van der Waals surface area (Å²) in [5.74, 6) is -1.19. The van der Waals surface area contributed by atoms with Gasteiger partial charge in [0.15, 0.2) is 0 Å². The van der Waals surface area contributed by atoms with Crippen molar-refractivity contribution in [1.29, 1.82) is 0 Å². The molecule has 0 unspecified atom stereocenters. The normalized spacial score (nSPS) is 16.2. The Bertz CT molecular complexity index is 1260. The minimum Gasteiger partial charge on any atom is -0.263 e. The molecule has 10 heteroatoms. The van der Waals surface area contributed by atoms with Crippen molar-refractivity contribution in [2.75, 3.05) is 4.72 Å². The van der Waals surface area contributed by atoms with Gasteiger partial charge in [-0.3, -0.25) is 4.72 Å². The number of halogens is 5. The molecular weight excluding hydrogens is 456 g/mol. The Morgan fingerprint density at radius 2 is 1.77 bits per heavy atom. The largest absolute Gasteiger partial charge is 0.416 e. The smallest absolute Gasteiger partial charge is 0.263 e. The van der Waals surface area contributed by atoms with Gasteiger partial charge in [0, 0.05) is 10.9 Å². The average Bonchev–Trinajstić information content (AvgIpc) is 3.10. The van der Waals surface area contributed by atoms with Gasteiger partial charge in [0.25, 0.3) is 10.0 Å². The quantitative estimate of drug-likeness (QED) is 0.389. The summed E-state index contributed by atoms with van der Waals surface area (Å²) in [7, 11) is -3.99. The highest BCUT2D eigenvalue weighted by Crippen LogP contribution is 2.43. The summed E-state index contributed by atoms with van der Waals surface area (Å²) in [6.45, 7) is 0. The Morgan fingerprint density at radius 3 is 2.45 bits per heavy atom. The molecule has 1 atom stereocenters. The van der Waals surface area contributed by atoms with Crippen molar-refractivity contribution in [2.24, 2.45) is 0 Å². The van der Waals surface area contributed by atoms with E-state index in [1.54, 1.807) is 6.07 Å². The lowest BCUT2D eigenvalue weighted by Crippen LogP contribution is -2.14. The van der Waals surface area contributed by atoms with Crippen molar-refractivity contribution in [3.63, 3.8) is 0 Å². The van der Waals surface area contributed by atoms with Crippen LogP contribution < -0.4 is 4.72 Å². The maximum atomic E-state index is 13.2. The number of hydrogen-bond donors (Lipinski definition) is 1. The van der Waals surface area contributed by atoms with E-state index in [0.29, 0.717) is 18.4 Å². The standard InChI is InChI=1S/C21H15ClF4N2O2S/c22-18-11-13(21(24,25)26)5-8-17(18)16-7-4-12-10-14(6-9-15(12)16)31(29,30)28-20-3-1-2-19(23)27-20/h1-3,5-6,8-11,16H,4,7H2,(H,27,28)/t16-/m0/s1. The topological polar surface area (TPSA) is 59.1 Å². The zero-order valence-electron chi connectivity index (χ0n) is 15.7. The van der Waals surface area contributed by atoms with Crippen molar-refractivity contribution in [1.82, 2.24) is 4.98 Å². The number of nitrogens with one attached hydrogen (secondary N) is 1. The molecule has 1 aliphatic carbocycles. The zero-order valence-corrected chi connectivity index (χ0v) is 17.3. The molecule has 0 aliphatic heterocycles. The number of alkyl halides is 3. The number of benzene rings is 2. The van der Waals surface area contributed by atoms with Crippen LogP contribution in [0.1, 0.15) is 34.6 Å². The fourth-order valence-electron chi connectivity index (χ4n) is 3.73. The molecule has 4 nitrogen and oxygen atoms in total. The molecular formula is C21H15ClF4N2O2S. The molecule has 0 fully saturated rings. The third-order valence-corrected chi connectivity index (χ3v) is 6.84. The van der Waals surface area contributed by atoms with Crippen molar-refractivity contribution >= 4 is 27.4 Å². The minimum absolute atomic E-state index is 0.0169. The van der Waals surface area contributed by atoms with Crippen LogP contribution in [0.3, 0.4) is 0 Å². The number of pyridine rings is 1. The van der Waals surface area contributed by atoms with Crippen molar-refractivity contribution in [2.45, 2.75) is 29.8 Å². The van der Waals surface area contributed by atoms with Gasteiger partial charge in [0.2, 0.25) is 5.95 Å². The Balaban J connectivity index is 1.63. The zero-order chi connectivity index (χ0) is 22.4. The number of aromatic nitrogens is 1. The van der Waals surface area contributed by atoms with E-state index in [1.165, 1.54) is 30.3 Å². The van der Waals surface area contributed by atoms with Crippen molar-refractivity contribution in [3.05, 3.63) is 87.8 Å². The van der Waals surface area contributed by atoms with Crippen LogP contribution in [0.2, 0.25) is 5.02 Å². The van der Waals surface area contributed by atoms with Gasteiger partial charge in [-0.05, 0) is 65.9 Å². The van der Waals surface area contributed by atoms with E-state index in [2.05, 4.69) is 9.71 Å². The number of aryl methyl sites for hydroxylation is 1. The predicted molar refractivity (Wildman–Crippen MR) is 108 cm³/mol. The van der Waals surface area contributed by atoms with Gasteiger partial charge in [0.1, 0.15) is 5.82 Å². The molecule has 4 rings (SSSR count). The van der Waals surface area contributed by atoms with Crippen LogP contribution in [0.5, 0.6) is 0 Å². The van der Waals surface area contributed by atoms with Gasteiger partial charge in [-0.2, -0.15) is 17.6 Å². The summed E-state index contributed by atoms with van der Waals surface area (Å²) in [5.41, 5.74) is 1.31. The van der Waals surface area contributed by atoms with E-state index in [-0.39, 0.29) is 21.7 Å². The number of hydrogen-bond acceptors (Lipinski definition) is 3. The molecule has 2 aromatic carbocycles. The van der Waals surface area contributed by atoms with E-state index in [9.17, 15) is 26.0 Å². The lowest BCUT2D eigenvalue weighted by atomic mass is 9.92. The maximum Gasteiger partial charge on any atom is 0.416 e. The molecule has 0 amide bonds. The molecule has 1 aromatic heterocycles. The Hall–Kier alpha value is -2.65. The highest BCUT2D eigenvalue weighted by atomic mass is 35.5. The number of rotatable bonds is 4. The Morgan fingerprint density at radius 1 is 1.03 bits per heavy atom. The highest BCUT2D eigenvalue weighted by molar-refractivity contribution is 7.92. The lowest BCUT2D eigenvalue weighted by molar-refractivity contribution is -0.137. The second kappa shape index (κ2) is 7.80. The van der Waals surface area contributed by atoms with Crippen LogP contribution in [-0.4, -0.2) is 13.4 Å². The first-order chi connectivity index (χ1) is 14.5. The fourth-order valence-corrected chi connectivity index (χ4v) is 5.10. The summed E-state index contributed by atoms with van der Waals surface area (Å²) < 4.78 is 79.5. The highest BCUT2D eigenvalue weighted by Gasteiger charge is 2.33. The van der Waals surface area contributed by atoms with E-state index >= 15 is 0 Å². The summed E-state index contributed by atoms with van der Waals surface area (Å²) >= 11 is 6.15. The molecule has 0 bridgehead atoms. The van der Waals surface area contributed by atoms with Crippen molar-refractivity contribution in [3.8, 4) is 0 Å². The van der Waals surface area contributed by atoms with Gasteiger partial charge < -0.3 is 0 Å². The molecule has 0 spiro atoms. The number of anilines is 1. The number of nitrogens with zero attached hydrogens (tertiary/aromatic N) is 1. The second-order valence-electron chi connectivity index (χ2n) is 7.14. The van der Waals surface area contributed by atoms with Crippen LogP contribution in [0.25, 0.3) is 0 Å². The van der Waals surface area contributed by atoms with Gasteiger partial charge in [0.05, 0.1) is 10.5 Å². The van der Waals surface area contributed by atoms with Gasteiger partial charge in [-0.25, -0.2) is 13.4 Å². The SMILES string of the molecule is O=S(=O)(Nc1cccc(F)n1)c1ccc2c(c1)CC[C@@H]2c1ccc(C(F)(F)F)cc1Cl. The van der Waals surface area contributed by atoms with Gasteiger partial charge in [-0.1, -0.05) is 29.8 Å². The van der Waals surface area contributed by atoms with Crippen LogP contribution >= 0.6 is 11.6 Å². The summed E-state index contributed by atoms with van der Waals surface area (Å²) in [6.07, 6.45) is -3.36. The molecule has 0 radical (unpaired) electrons. The van der Waals surface area contributed by atoms with Crippen LogP contribution in [-0.2, 0) is 22.6 Å². The first-order valence-electron chi connectivity index (χ1n) is 9.19. The molecule has 1 heterocycles. The van der Waals surface area contributed by atoms with Gasteiger partial charge in [-0.15, -0.1) is 0 Å². The Kier molecular flexibility index (Phi) is 5.43. The van der Waals surface area contributed by atoms with E-state index in [4.69, 9.17) is 11.6 Å². The van der Waals surface area contributed by atoms with E-state index < -0.39 is 27.7 Å². The van der Waals surface area contributed by atoms with Crippen molar-refractivity contribution < 1.29 is 26.0 Å². The summed E-state index contributed by atoms with van der Waals surface area (Å²) in [4.78, 5) is 3.47. The Labute approximate surface area is 180 Å². The third-order valence-electron chi connectivity index (χ3n) is 5.16. The van der Waals surface area contributed by atoms with E-state index in [1.807, 2.05) is 0 Å². The molecule has 31 heavy (non-hydrogen) atoms. The predicted octanol–water partition coefficient (Wildman–Crippen LogP) is 5.77. The number of fused-ring (bicyclic) bond motifs is 1. The third kappa shape index (κ3) is 4.38. The molecule has 3 aromatic rings. The summed E-state index contributed by atoms with van der Waals surface area (Å²) in [6, 6.07) is 11.6. The van der Waals surface area contributed by atoms with Crippen LogP contribution in [0.4, 0.5) is 23.4 Å². The number of sulfonamides is 1. The maximum absolute atomic E-state index is 13.2. The summed E-state index contributed by atoms with van der Waals surface area (Å²) in [5, 5.41) is 0.0169. The molecule has 1 aliphatic rings. The first kappa shape index (κ1) is 21.6. The van der Waals surface area contributed by atoms with Crippen LogP contribution in [0.15, 0.2) is 59.5 Å². The van der Waals surface area contributed by atoms with E-state index in [0.717, 1.165) is 29.3 Å².